The molecule has 1 atom stereocenters. The first kappa shape index (κ1) is 58.4. The highest BCUT2D eigenvalue weighted by atomic mass is 16.6. The Balaban J connectivity index is 4.24. The molecule has 0 aromatic rings. The second kappa shape index (κ2) is 48.4. The molecule has 0 bridgehead atoms. The minimum atomic E-state index is -0.760. The van der Waals surface area contributed by atoms with E-state index in [1.165, 1.54) is 199 Å². The molecule has 0 aliphatic carbocycles. The van der Waals surface area contributed by atoms with Gasteiger partial charge in [0, 0.05) is 19.3 Å². The average Bonchev–Trinajstić information content (AvgIpc) is 3.23. The molecule has 0 saturated heterocycles. The largest absolute Gasteiger partial charge is 0.462 e. The molecule has 0 aliphatic rings. The Morgan fingerprint density at radius 3 is 0.817 bits per heavy atom. The third-order valence-corrected chi connectivity index (χ3v) is 12.3. The predicted octanol–water partition coefficient (Wildman–Crippen LogP) is 17.5. The van der Waals surface area contributed by atoms with Crippen LogP contribution in [0.1, 0.15) is 304 Å². The molecule has 0 spiro atoms. The molecular weight excluding hydrogens is 745 g/mol. The highest BCUT2D eigenvalue weighted by molar-refractivity contribution is 5.71. The summed E-state index contributed by atoms with van der Waals surface area (Å²) in [4.78, 5) is 37.9. The van der Waals surface area contributed by atoms with Crippen molar-refractivity contribution in [3.05, 3.63) is 0 Å². The Morgan fingerprint density at radius 1 is 0.317 bits per heavy atom. The maximum atomic E-state index is 12.8. The Kier molecular flexibility index (Phi) is 47.2. The van der Waals surface area contributed by atoms with Crippen LogP contribution in [0.25, 0.3) is 0 Å². The smallest absolute Gasteiger partial charge is 0.306 e. The lowest BCUT2D eigenvalue weighted by Gasteiger charge is -2.18. The van der Waals surface area contributed by atoms with Crippen LogP contribution in [0.4, 0.5) is 0 Å². The van der Waals surface area contributed by atoms with Gasteiger partial charge in [-0.05, 0) is 25.2 Å². The van der Waals surface area contributed by atoms with Gasteiger partial charge in [-0.15, -0.1) is 0 Å². The van der Waals surface area contributed by atoms with E-state index in [1.807, 2.05) is 0 Å². The van der Waals surface area contributed by atoms with Crippen LogP contribution in [0.2, 0.25) is 0 Å². The summed E-state index contributed by atoms with van der Waals surface area (Å²) in [5.74, 6) is -0.00290. The topological polar surface area (TPSA) is 78.9 Å². The summed E-state index contributed by atoms with van der Waals surface area (Å²) in [6.07, 6.45) is 50.9. The van der Waals surface area contributed by atoms with Crippen molar-refractivity contribution in [3.8, 4) is 0 Å². The van der Waals surface area contributed by atoms with Crippen molar-refractivity contribution < 1.29 is 28.6 Å². The standard InChI is InChI=1S/C54H104O6/c1-5-7-9-11-13-15-17-18-19-20-23-26-30-33-37-41-45-52(55)58-48-51(60-54(57)47-43-39-35-29-16-14-12-10-8-6-2)49-59-53(56)46-42-38-34-31-27-24-21-22-25-28-32-36-40-44-50(3)4/h50-51H,5-49H2,1-4H3/t51-/m1/s1. The molecule has 0 N–H and O–H groups in total. The number of hydrogen-bond acceptors (Lipinski definition) is 6. The summed E-state index contributed by atoms with van der Waals surface area (Å²) in [7, 11) is 0. The Bertz CT molecular complexity index is 903. The fraction of sp³-hybridized carbons (Fsp3) is 0.944. The van der Waals surface area contributed by atoms with Crippen molar-refractivity contribution in [3.63, 3.8) is 0 Å². The van der Waals surface area contributed by atoms with Crippen LogP contribution in [-0.4, -0.2) is 37.2 Å². The molecule has 0 amide bonds. The normalized spacial score (nSPS) is 11.9. The third-order valence-electron chi connectivity index (χ3n) is 12.3. The van der Waals surface area contributed by atoms with E-state index in [9.17, 15) is 14.4 Å². The molecule has 6 heteroatoms. The quantitative estimate of drug-likeness (QED) is 0.0345. The predicted molar refractivity (Wildman–Crippen MR) is 257 cm³/mol. The van der Waals surface area contributed by atoms with E-state index >= 15 is 0 Å². The summed E-state index contributed by atoms with van der Waals surface area (Å²) in [5.41, 5.74) is 0. The van der Waals surface area contributed by atoms with Crippen molar-refractivity contribution in [2.24, 2.45) is 5.92 Å². The second-order valence-corrected chi connectivity index (χ2v) is 19.0. The Morgan fingerprint density at radius 2 is 0.550 bits per heavy atom. The molecule has 0 heterocycles. The van der Waals surface area contributed by atoms with E-state index in [0.717, 1.165) is 63.7 Å². The first-order chi connectivity index (χ1) is 29.4. The lowest BCUT2D eigenvalue weighted by molar-refractivity contribution is -0.167. The number of ether oxygens (including phenoxy) is 3. The molecule has 0 aromatic heterocycles. The molecule has 0 unspecified atom stereocenters. The number of rotatable bonds is 49. The van der Waals surface area contributed by atoms with Crippen molar-refractivity contribution in [1.29, 1.82) is 0 Å². The van der Waals surface area contributed by atoms with E-state index < -0.39 is 6.10 Å². The zero-order valence-electron chi connectivity index (χ0n) is 40.9. The SMILES string of the molecule is CCCCCCCCCCCCCCCCCCC(=O)OC[C@H](COC(=O)CCCCCCCCCCCCCCCC(C)C)OC(=O)CCCCCCCCCCCC. The van der Waals surface area contributed by atoms with Crippen LogP contribution in [0.5, 0.6) is 0 Å². The zero-order valence-corrected chi connectivity index (χ0v) is 40.9. The molecule has 0 fully saturated rings. The summed E-state index contributed by atoms with van der Waals surface area (Å²) in [5, 5.41) is 0. The van der Waals surface area contributed by atoms with Gasteiger partial charge in [-0.3, -0.25) is 14.4 Å². The molecule has 0 rings (SSSR count). The van der Waals surface area contributed by atoms with E-state index in [-0.39, 0.29) is 31.1 Å². The summed E-state index contributed by atoms with van der Waals surface area (Å²) < 4.78 is 16.8. The number of unbranched alkanes of at least 4 members (excludes halogenated alkanes) is 36. The van der Waals surface area contributed by atoms with E-state index in [2.05, 4.69) is 27.7 Å². The first-order valence-corrected chi connectivity index (χ1v) is 26.9. The summed E-state index contributed by atoms with van der Waals surface area (Å²) >= 11 is 0. The van der Waals surface area contributed by atoms with E-state index in [0.29, 0.717) is 19.3 Å². The van der Waals surface area contributed by atoms with Gasteiger partial charge in [-0.1, -0.05) is 265 Å². The van der Waals surface area contributed by atoms with Crippen LogP contribution < -0.4 is 0 Å². The van der Waals surface area contributed by atoms with Gasteiger partial charge in [-0.2, -0.15) is 0 Å². The molecule has 0 saturated carbocycles. The molecule has 356 valence electrons. The van der Waals surface area contributed by atoms with Crippen molar-refractivity contribution >= 4 is 17.9 Å². The lowest BCUT2D eigenvalue weighted by atomic mass is 10.0. The van der Waals surface area contributed by atoms with Gasteiger partial charge in [0.15, 0.2) is 6.10 Å². The second-order valence-electron chi connectivity index (χ2n) is 19.0. The number of carbonyl (C=O) groups excluding carboxylic acids is 3. The van der Waals surface area contributed by atoms with Crippen molar-refractivity contribution in [2.45, 2.75) is 310 Å². The van der Waals surface area contributed by atoms with Crippen LogP contribution in [0.15, 0.2) is 0 Å². The Hall–Kier alpha value is -1.59. The molecular formula is C54H104O6. The van der Waals surface area contributed by atoms with Crippen molar-refractivity contribution in [1.82, 2.24) is 0 Å². The maximum Gasteiger partial charge on any atom is 0.306 e. The molecule has 6 nitrogen and oxygen atoms in total. The maximum absolute atomic E-state index is 12.8. The number of esters is 3. The van der Waals surface area contributed by atoms with Gasteiger partial charge in [0.2, 0.25) is 0 Å². The summed E-state index contributed by atoms with van der Waals surface area (Å²) in [6, 6.07) is 0. The van der Waals surface area contributed by atoms with Gasteiger partial charge >= 0.3 is 17.9 Å². The number of carbonyl (C=O) groups is 3. The van der Waals surface area contributed by atoms with Gasteiger partial charge in [0.1, 0.15) is 13.2 Å². The monoisotopic (exact) mass is 849 g/mol. The Labute approximate surface area is 374 Å². The van der Waals surface area contributed by atoms with Crippen LogP contribution in [-0.2, 0) is 28.6 Å². The van der Waals surface area contributed by atoms with Gasteiger partial charge in [0.25, 0.3) is 0 Å². The molecule has 0 aromatic carbocycles. The zero-order chi connectivity index (χ0) is 43.8. The highest BCUT2D eigenvalue weighted by Gasteiger charge is 2.19. The molecule has 0 radical (unpaired) electrons. The van der Waals surface area contributed by atoms with Crippen LogP contribution in [0.3, 0.4) is 0 Å². The minimum Gasteiger partial charge on any atom is -0.462 e. The fourth-order valence-corrected chi connectivity index (χ4v) is 8.22. The average molecular weight is 849 g/mol. The minimum absolute atomic E-state index is 0.0625. The molecule has 0 aliphatic heterocycles. The highest BCUT2D eigenvalue weighted by Crippen LogP contribution is 2.17. The van der Waals surface area contributed by atoms with Gasteiger partial charge in [-0.25, -0.2) is 0 Å². The van der Waals surface area contributed by atoms with Gasteiger partial charge < -0.3 is 14.2 Å². The molecule has 60 heavy (non-hydrogen) atoms. The number of hydrogen-bond donors (Lipinski definition) is 0. The van der Waals surface area contributed by atoms with Gasteiger partial charge in [0.05, 0.1) is 0 Å². The van der Waals surface area contributed by atoms with E-state index in [4.69, 9.17) is 14.2 Å². The van der Waals surface area contributed by atoms with E-state index in [1.54, 1.807) is 0 Å². The lowest BCUT2D eigenvalue weighted by Crippen LogP contribution is -2.30. The first-order valence-electron chi connectivity index (χ1n) is 26.9. The van der Waals surface area contributed by atoms with Crippen LogP contribution >= 0.6 is 0 Å². The van der Waals surface area contributed by atoms with Crippen LogP contribution in [0, 0.1) is 5.92 Å². The fourth-order valence-electron chi connectivity index (χ4n) is 8.22. The summed E-state index contributed by atoms with van der Waals surface area (Å²) in [6.45, 7) is 9.03. The third kappa shape index (κ3) is 47.5. The van der Waals surface area contributed by atoms with Crippen molar-refractivity contribution in [2.75, 3.05) is 13.2 Å².